The number of aromatic nitrogens is 5. The Kier molecular flexibility index (Phi) is 6.13. The fourth-order valence-corrected chi connectivity index (χ4v) is 5.26. The van der Waals surface area contributed by atoms with Crippen LogP contribution in [0, 0.1) is 5.82 Å². The largest absolute Gasteiger partial charge is 0.382 e. The number of imidazole rings is 1. The molecular formula is C26H20F5N7O2. The Morgan fingerprint density at radius 3 is 2.65 bits per heavy atom. The van der Waals surface area contributed by atoms with Crippen LogP contribution in [-0.4, -0.2) is 54.7 Å². The summed E-state index contributed by atoms with van der Waals surface area (Å²) < 4.78 is 74.9. The molecule has 0 spiro atoms. The predicted octanol–water partition coefficient (Wildman–Crippen LogP) is 4.84. The highest BCUT2D eigenvalue weighted by atomic mass is 19.3. The van der Waals surface area contributed by atoms with Crippen molar-refractivity contribution in [2.75, 3.05) is 12.8 Å². The Morgan fingerprint density at radius 2 is 1.93 bits per heavy atom. The van der Waals surface area contributed by atoms with Crippen molar-refractivity contribution < 1.29 is 31.5 Å². The average Bonchev–Trinajstić information content (AvgIpc) is 3.65. The third kappa shape index (κ3) is 4.20. The number of carbonyl (C=O) groups excluding carboxylic acids is 1. The van der Waals surface area contributed by atoms with Gasteiger partial charge < -0.3 is 15.4 Å². The standard InChI is InChI=1S/C26H20F5N7O2/c1-36(24(39)16-6-19-18(7-17(16)27)35-23(32)20-9-33-11-37(19)20)22-15-3-2-12(14-8-34-38(10-14)25(28)29)4-13(15)5-21(22)40-26(30)31/h2-4,6-11,21-22,25-26H,5H2,1H3,(H2,32,35)/t21-,22+/m1/s1. The molecular weight excluding hydrogens is 537 g/mol. The summed E-state index contributed by atoms with van der Waals surface area (Å²) in [5.41, 5.74) is 8.69. The molecule has 14 heteroatoms. The Hall–Kier alpha value is -4.59. The molecule has 0 unspecified atom stereocenters. The van der Waals surface area contributed by atoms with E-state index in [1.54, 1.807) is 22.6 Å². The lowest BCUT2D eigenvalue weighted by atomic mass is 10.0. The van der Waals surface area contributed by atoms with E-state index in [0.717, 1.165) is 11.0 Å². The zero-order chi connectivity index (χ0) is 28.3. The highest BCUT2D eigenvalue weighted by molar-refractivity contribution is 5.98. The van der Waals surface area contributed by atoms with Crippen molar-refractivity contribution in [3.05, 3.63) is 77.8 Å². The minimum absolute atomic E-state index is 0.0117. The lowest BCUT2D eigenvalue weighted by molar-refractivity contribution is -0.173. The molecule has 1 aliphatic carbocycles. The first-order valence-electron chi connectivity index (χ1n) is 12.0. The molecule has 2 N–H and O–H groups in total. The van der Waals surface area contributed by atoms with Gasteiger partial charge in [0.2, 0.25) is 0 Å². The minimum Gasteiger partial charge on any atom is -0.382 e. The molecule has 0 fully saturated rings. The molecule has 1 amide bonds. The van der Waals surface area contributed by atoms with E-state index in [1.165, 1.54) is 38.0 Å². The second-order valence-corrected chi connectivity index (χ2v) is 9.37. The minimum atomic E-state index is -3.13. The maximum Gasteiger partial charge on any atom is 0.345 e. The van der Waals surface area contributed by atoms with Crippen LogP contribution in [0.4, 0.5) is 27.8 Å². The molecule has 1 aliphatic rings. The average molecular weight is 557 g/mol. The predicted molar refractivity (Wildman–Crippen MR) is 133 cm³/mol. The van der Waals surface area contributed by atoms with Gasteiger partial charge in [-0.1, -0.05) is 18.2 Å². The van der Waals surface area contributed by atoms with Gasteiger partial charge >= 0.3 is 13.2 Å². The number of hydrogen-bond acceptors (Lipinski definition) is 6. The van der Waals surface area contributed by atoms with Crippen molar-refractivity contribution in [1.82, 2.24) is 29.0 Å². The van der Waals surface area contributed by atoms with Crippen LogP contribution < -0.4 is 5.73 Å². The number of carbonyl (C=O) groups is 1. The first-order chi connectivity index (χ1) is 19.1. The van der Waals surface area contributed by atoms with E-state index < -0.39 is 37.0 Å². The van der Waals surface area contributed by atoms with Crippen LogP contribution in [-0.2, 0) is 11.2 Å². The van der Waals surface area contributed by atoms with Crippen molar-refractivity contribution in [3.8, 4) is 11.1 Å². The molecule has 3 aromatic heterocycles. The second kappa shape index (κ2) is 9.55. The van der Waals surface area contributed by atoms with E-state index >= 15 is 4.39 Å². The van der Waals surface area contributed by atoms with Crippen LogP contribution in [0.25, 0.3) is 27.7 Å². The normalized spacial score (nSPS) is 16.9. The number of amides is 1. The van der Waals surface area contributed by atoms with Gasteiger partial charge in [-0.05, 0) is 22.8 Å². The Labute approximate surface area is 222 Å². The molecule has 2 atom stereocenters. The van der Waals surface area contributed by atoms with Crippen molar-refractivity contribution >= 4 is 28.3 Å². The zero-order valence-corrected chi connectivity index (χ0v) is 20.7. The van der Waals surface area contributed by atoms with Crippen LogP contribution in [0.3, 0.4) is 0 Å². The maximum absolute atomic E-state index is 15.2. The lowest BCUT2D eigenvalue weighted by Gasteiger charge is -2.30. The van der Waals surface area contributed by atoms with Crippen molar-refractivity contribution in [2.45, 2.75) is 31.7 Å². The molecule has 206 valence electrons. The van der Waals surface area contributed by atoms with Crippen LogP contribution >= 0.6 is 0 Å². The van der Waals surface area contributed by atoms with E-state index in [1.807, 2.05) is 0 Å². The quantitative estimate of drug-likeness (QED) is 0.300. The summed E-state index contributed by atoms with van der Waals surface area (Å²) in [5.74, 6) is -1.50. The van der Waals surface area contributed by atoms with E-state index in [-0.39, 0.29) is 23.3 Å². The number of likely N-dealkylation sites (N-methyl/N-ethyl adjacent to an activating group) is 1. The molecule has 3 heterocycles. The van der Waals surface area contributed by atoms with Gasteiger partial charge in [-0.15, -0.1) is 0 Å². The Balaban J connectivity index is 1.38. The van der Waals surface area contributed by atoms with E-state index in [2.05, 4.69) is 15.1 Å². The number of anilines is 1. The van der Waals surface area contributed by atoms with Gasteiger partial charge in [0.15, 0.2) is 0 Å². The smallest absolute Gasteiger partial charge is 0.345 e. The summed E-state index contributed by atoms with van der Waals surface area (Å²) in [5, 5.41) is 3.63. The van der Waals surface area contributed by atoms with Crippen LogP contribution in [0.15, 0.2) is 55.2 Å². The molecule has 6 rings (SSSR count). The number of halogens is 5. The van der Waals surface area contributed by atoms with E-state index in [9.17, 15) is 22.4 Å². The number of nitrogens with zero attached hydrogens (tertiary/aromatic N) is 6. The summed E-state index contributed by atoms with van der Waals surface area (Å²) in [6.07, 6.45) is 4.24. The molecule has 0 bridgehead atoms. The number of nitrogen functional groups attached to an aromatic ring is 1. The van der Waals surface area contributed by atoms with Gasteiger partial charge in [0.1, 0.15) is 17.2 Å². The summed E-state index contributed by atoms with van der Waals surface area (Å²) in [6.45, 7) is -5.94. The molecule has 0 saturated heterocycles. The molecule has 0 radical (unpaired) electrons. The SMILES string of the molecule is CN(C(=O)c1cc2c(cc1F)nc(N)c1cncn12)[C@H]1c2ccc(-c3cnn(C(F)F)c3)cc2C[C@H]1OC(F)F. The summed E-state index contributed by atoms with van der Waals surface area (Å²) >= 11 is 0. The van der Waals surface area contributed by atoms with Crippen LogP contribution in [0.5, 0.6) is 0 Å². The first kappa shape index (κ1) is 25.7. The third-order valence-corrected chi connectivity index (χ3v) is 7.08. The van der Waals surface area contributed by atoms with E-state index in [0.29, 0.717) is 38.0 Å². The van der Waals surface area contributed by atoms with Crippen LogP contribution in [0.2, 0.25) is 0 Å². The Bertz CT molecular complexity index is 1770. The van der Waals surface area contributed by atoms with Gasteiger partial charge in [0.05, 0.1) is 47.5 Å². The fraction of sp³-hybridized carbons (Fsp3) is 0.231. The number of nitrogens with two attached hydrogens (primary N) is 1. The van der Waals surface area contributed by atoms with Gasteiger partial charge in [-0.25, -0.2) is 19.0 Å². The second-order valence-electron chi connectivity index (χ2n) is 9.37. The summed E-state index contributed by atoms with van der Waals surface area (Å²) in [7, 11) is 1.38. The summed E-state index contributed by atoms with van der Waals surface area (Å²) in [4.78, 5) is 23.0. The number of rotatable bonds is 6. The zero-order valence-electron chi connectivity index (χ0n) is 20.7. The first-order valence-corrected chi connectivity index (χ1v) is 12.0. The molecule has 0 saturated carbocycles. The molecule has 9 nitrogen and oxygen atoms in total. The van der Waals surface area contributed by atoms with Crippen molar-refractivity contribution in [2.24, 2.45) is 0 Å². The topological polar surface area (TPSA) is 104 Å². The van der Waals surface area contributed by atoms with Gasteiger partial charge in [0, 0.05) is 31.3 Å². The monoisotopic (exact) mass is 557 g/mol. The molecule has 0 aliphatic heterocycles. The van der Waals surface area contributed by atoms with Crippen LogP contribution in [0.1, 0.15) is 34.1 Å². The highest BCUT2D eigenvalue weighted by Gasteiger charge is 2.40. The van der Waals surface area contributed by atoms with Gasteiger partial charge in [0.25, 0.3) is 5.91 Å². The van der Waals surface area contributed by atoms with Gasteiger partial charge in [-0.2, -0.15) is 22.7 Å². The number of ether oxygens (including phenoxy) is 1. The molecule has 5 aromatic rings. The maximum atomic E-state index is 15.2. The molecule has 2 aromatic carbocycles. The third-order valence-electron chi connectivity index (χ3n) is 7.08. The highest BCUT2D eigenvalue weighted by Crippen LogP contribution is 2.41. The fourth-order valence-electron chi connectivity index (χ4n) is 5.26. The lowest BCUT2D eigenvalue weighted by Crippen LogP contribution is -2.38. The number of benzene rings is 2. The number of hydrogen-bond donors (Lipinski definition) is 1. The van der Waals surface area contributed by atoms with E-state index in [4.69, 9.17) is 10.5 Å². The summed E-state index contributed by atoms with van der Waals surface area (Å²) in [6, 6.07) is 6.30. The van der Waals surface area contributed by atoms with Crippen molar-refractivity contribution in [1.29, 1.82) is 0 Å². The Morgan fingerprint density at radius 1 is 1.12 bits per heavy atom. The van der Waals surface area contributed by atoms with Gasteiger partial charge in [-0.3, -0.25) is 9.20 Å². The number of fused-ring (bicyclic) bond motifs is 4. The number of alkyl halides is 4. The van der Waals surface area contributed by atoms with Crippen molar-refractivity contribution in [3.63, 3.8) is 0 Å². The molecule has 40 heavy (non-hydrogen) atoms.